The highest BCUT2D eigenvalue weighted by atomic mass is 16.5. The molecule has 10 rings (SSSR count). The lowest BCUT2D eigenvalue weighted by atomic mass is 9.75. The molecule has 8 bridgehead atoms. The van der Waals surface area contributed by atoms with Crippen molar-refractivity contribution in [3.05, 3.63) is 30.3 Å². The molecule has 5 saturated heterocycles. The summed E-state index contributed by atoms with van der Waals surface area (Å²) >= 11 is 0. The summed E-state index contributed by atoms with van der Waals surface area (Å²) in [4.78, 5) is 0. The largest absolute Gasteiger partial charge is 0.490 e. The van der Waals surface area contributed by atoms with Gasteiger partial charge < -0.3 is 4.74 Å². The van der Waals surface area contributed by atoms with Crippen molar-refractivity contribution in [3.8, 4) is 5.75 Å². The number of benzene rings is 1. The number of ether oxygens (including phenoxy) is 1. The molecule has 0 amide bonds. The van der Waals surface area contributed by atoms with Crippen LogP contribution in [0, 0.1) is 47.3 Å². The first-order valence-electron chi connectivity index (χ1n) is 20.1. The first-order chi connectivity index (χ1) is 23.3. The summed E-state index contributed by atoms with van der Waals surface area (Å²) in [5, 5.41) is 34.0. The van der Waals surface area contributed by atoms with E-state index in [9.17, 15) is 0 Å². The van der Waals surface area contributed by atoms with Crippen LogP contribution in [0.2, 0.25) is 0 Å². The van der Waals surface area contributed by atoms with Gasteiger partial charge in [-0.1, -0.05) is 56.7 Å². The van der Waals surface area contributed by atoms with Crippen molar-refractivity contribution >= 4 is 0 Å². The molecule has 258 valence electrons. The van der Waals surface area contributed by atoms with Gasteiger partial charge in [-0.2, -0.15) is 0 Å². The van der Waals surface area contributed by atoms with Gasteiger partial charge in [0.1, 0.15) is 11.9 Å². The van der Waals surface area contributed by atoms with Crippen molar-refractivity contribution in [2.45, 2.75) is 152 Å². The van der Waals surface area contributed by atoms with Crippen LogP contribution < -0.4 is 47.3 Å². The van der Waals surface area contributed by atoms with Crippen LogP contribution >= 0.6 is 0 Å². The number of fused-ring (bicyclic) bond motifs is 20. The molecule has 4 saturated carbocycles. The zero-order valence-electron chi connectivity index (χ0n) is 28.2. The average molecular weight is 645 g/mol. The lowest BCUT2D eigenvalue weighted by Gasteiger charge is -2.39. The highest BCUT2D eigenvalue weighted by Crippen LogP contribution is 2.46. The van der Waals surface area contributed by atoms with Crippen LogP contribution in [0.5, 0.6) is 5.75 Å². The van der Waals surface area contributed by atoms with E-state index < -0.39 is 0 Å². The Morgan fingerprint density at radius 1 is 0.362 bits per heavy atom. The number of para-hydroxylation sites is 1. The Labute approximate surface area is 282 Å². The molecule has 0 radical (unpaired) electrons. The highest BCUT2D eigenvalue weighted by Gasteiger charge is 2.56. The van der Waals surface area contributed by atoms with Crippen LogP contribution in [0.25, 0.3) is 0 Å². The maximum atomic E-state index is 6.89. The summed E-state index contributed by atoms with van der Waals surface area (Å²) in [5.41, 5.74) is 0. The predicted molar refractivity (Wildman–Crippen MR) is 183 cm³/mol. The van der Waals surface area contributed by atoms with Crippen LogP contribution in [0.4, 0.5) is 0 Å². The molecule has 9 heteroatoms. The first-order valence-corrected chi connectivity index (χ1v) is 20.1. The van der Waals surface area contributed by atoms with Crippen LogP contribution in [-0.4, -0.2) is 55.4 Å². The molecule has 9 nitrogen and oxygen atoms in total. The molecule has 5 aliphatic heterocycles. The van der Waals surface area contributed by atoms with Crippen LogP contribution in [0.15, 0.2) is 30.3 Å². The van der Waals surface area contributed by atoms with Gasteiger partial charge in [-0.05, 0) is 111 Å². The van der Waals surface area contributed by atoms with Crippen molar-refractivity contribution in [1.82, 2.24) is 42.5 Å². The molecule has 4 aliphatic carbocycles. The number of hydrogen-bond donors (Lipinski definition) is 8. The summed E-state index contributed by atoms with van der Waals surface area (Å²) in [6.45, 7) is 0. The monoisotopic (exact) mass is 644 g/mol. The molecule has 5 heterocycles. The summed E-state index contributed by atoms with van der Waals surface area (Å²) in [7, 11) is 0. The first kappa shape index (κ1) is 30.5. The number of hydrogen-bond acceptors (Lipinski definition) is 9. The summed E-state index contributed by atoms with van der Waals surface area (Å²) in [6.07, 6.45) is 22.7. The molecule has 1 aromatic rings. The van der Waals surface area contributed by atoms with Gasteiger partial charge in [0.2, 0.25) is 0 Å². The molecule has 17 unspecified atom stereocenters. The van der Waals surface area contributed by atoms with Crippen molar-refractivity contribution < 1.29 is 4.74 Å². The van der Waals surface area contributed by atoms with Crippen molar-refractivity contribution in [2.75, 3.05) is 0 Å². The zero-order chi connectivity index (χ0) is 30.9. The highest BCUT2D eigenvalue weighted by molar-refractivity contribution is 5.22. The molecule has 0 spiro atoms. The van der Waals surface area contributed by atoms with E-state index >= 15 is 0 Å². The zero-order valence-corrected chi connectivity index (χ0v) is 28.2. The van der Waals surface area contributed by atoms with Gasteiger partial charge >= 0.3 is 0 Å². The minimum Gasteiger partial charge on any atom is -0.490 e. The van der Waals surface area contributed by atoms with Gasteiger partial charge in [0.25, 0.3) is 0 Å². The van der Waals surface area contributed by atoms with Gasteiger partial charge in [0, 0.05) is 5.92 Å². The lowest BCUT2D eigenvalue weighted by molar-refractivity contribution is 0.0424. The predicted octanol–water partition coefficient (Wildman–Crippen LogP) is 3.66. The van der Waals surface area contributed by atoms with Gasteiger partial charge in [-0.3, -0.25) is 42.5 Å². The fourth-order valence-corrected chi connectivity index (χ4v) is 12.8. The van der Waals surface area contributed by atoms with E-state index in [1.54, 1.807) is 0 Å². The van der Waals surface area contributed by atoms with Crippen LogP contribution in [-0.2, 0) is 0 Å². The van der Waals surface area contributed by atoms with Crippen molar-refractivity contribution in [1.29, 1.82) is 0 Å². The lowest BCUT2D eigenvalue weighted by Crippen LogP contribution is -2.62. The fraction of sp³-hybridized carbons (Fsp3) is 0.842. The van der Waals surface area contributed by atoms with Crippen LogP contribution in [0.3, 0.4) is 0 Å². The molecule has 9 aliphatic rings. The Morgan fingerprint density at radius 3 is 1.11 bits per heavy atom. The van der Waals surface area contributed by atoms with E-state index in [0.29, 0.717) is 84.3 Å². The third-order valence-corrected chi connectivity index (χ3v) is 14.9. The third kappa shape index (κ3) is 5.50. The van der Waals surface area contributed by atoms with Crippen molar-refractivity contribution in [3.63, 3.8) is 0 Å². The Bertz CT molecular complexity index is 1240. The van der Waals surface area contributed by atoms with Crippen LogP contribution in [0.1, 0.15) is 96.3 Å². The van der Waals surface area contributed by atoms with Gasteiger partial charge in [-0.15, -0.1) is 0 Å². The minimum atomic E-state index is 0.212. The molecule has 8 N–H and O–H groups in total. The van der Waals surface area contributed by atoms with E-state index in [-0.39, 0.29) is 18.4 Å². The molecular weight excluding hydrogens is 584 g/mol. The second-order valence-electron chi connectivity index (χ2n) is 17.1. The fourth-order valence-electron chi connectivity index (χ4n) is 12.8. The second kappa shape index (κ2) is 12.8. The number of nitrogens with one attached hydrogen (secondary N) is 8. The smallest absolute Gasteiger partial charge is 0.119 e. The van der Waals surface area contributed by atoms with Crippen molar-refractivity contribution in [2.24, 2.45) is 47.3 Å². The topological polar surface area (TPSA) is 105 Å². The van der Waals surface area contributed by atoms with E-state index in [0.717, 1.165) is 12.2 Å². The van der Waals surface area contributed by atoms with Gasteiger partial charge in [0.15, 0.2) is 0 Å². The van der Waals surface area contributed by atoms with E-state index in [4.69, 9.17) is 4.74 Å². The molecule has 1 aromatic carbocycles. The second-order valence-corrected chi connectivity index (χ2v) is 17.1. The standard InChI is InChI=1S/C38H60N8O/c1-2-11-21(12-3-1)47-29-20-10-19-28-30(29)38-45-36-27-18-9-8-17-26(27)34(43-36)41-32-23-14-5-4-13-22(23)31(39-32)40-33-24-15-6-7-16-25(24)35(42-33)44-37(28)46-38/h1-3,11-12,22-46H,4-10,13-20H2. The minimum absolute atomic E-state index is 0.212. The average Bonchev–Trinajstić information content (AvgIpc) is 3.85. The molecule has 9 fully saturated rings. The maximum absolute atomic E-state index is 6.89. The Kier molecular flexibility index (Phi) is 8.30. The van der Waals surface area contributed by atoms with E-state index in [1.807, 2.05) is 0 Å². The summed E-state index contributed by atoms with van der Waals surface area (Å²) < 4.78 is 6.89. The molecule has 17 atom stereocenters. The number of rotatable bonds is 2. The Morgan fingerprint density at radius 2 is 0.702 bits per heavy atom. The third-order valence-electron chi connectivity index (χ3n) is 14.9. The maximum Gasteiger partial charge on any atom is 0.119 e. The Hall–Kier alpha value is -1.30. The van der Waals surface area contributed by atoms with E-state index in [1.165, 1.54) is 89.9 Å². The van der Waals surface area contributed by atoms with Gasteiger partial charge in [0.05, 0.1) is 49.3 Å². The molecular formula is C38H60N8O. The summed E-state index contributed by atoms with van der Waals surface area (Å²) in [6, 6.07) is 10.6. The van der Waals surface area contributed by atoms with Gasteiger partial charge in [-0.25, -0.2) is 0 Å². The summed E-state index contributed by atoms with van der Waals surface area (Å²) in [5.74, 6) is 6.13. The quantitative estimate of drug-likeness (QED) is 0.245. The Balaban J connectivity index is 0.994. The normalized spacial score (nSPS) is 52.2. The van der Waals surface area contributed by atoms with E-state index in [2.05, 4.69) is 72.9 Å². The molecule has 0 aromatic heterocycles. The SMILES string of the molecule is c1ccc(OC2CCCC3C4NC5NC(NC6NC(NC7NC(NC(N4)C23)C2CCCCC72)C2CCCCC62)C2CCCCC52)cc1. The molecule has 47 heavy (non-hydrogen) atoms.